The summed E-state index contributed by atoms with van der Waals surface area (Å²) in [6, 6.07) is 13.1. The van der Waals surface area contributed by atoms with Crippen LogP contribution < -0.4 is 50.6 Å². The van der Waals surface area contributed by atoms with E-state index in [1.165, 1.54) is 59.6 Å². The van der Waals surface area contributed by atoms with Crippen molar-refractivity contribution in [3.8, 4) is 5.82 Å². The summed E-state index contributed by atoms with van der Waals surface area (Å²) in [4.78, 5) is 179. The first-order chi connectivity index (χ1) is 65.0. The van der Waals surface area contributed by atoms with Gasteiger partial charge in [-0.2, -0.15) is 15.1 Å². The SMILES string of the molecule is C=CCCC(Cc1cn(C)c(=O)[nH]c1=O)ON1C(=O)c2ccccc2C1=O.C=CCCC(Cc1cn(C)c(=O)nc1-n1cncn1)ON1C(=O)c2ccccc2C1=O.C=CCCC(O)Cc1cn(C)c(=O)[nH]c1=O.C=CCCC1Cc2cn(C3C[C@H](O)[C@@H](CO)O3)c(=O)nc2NO1.CC(C)[Si]1(C(C)C)OC[C@H]2OC(C(C)(C)C)C[C@@H]2O[Si](C(C)C)(C(C)C)O1.Cn1cc(CC2CO2)c(=O)[nH]c1=O. The summed E-state index contributed by atoms with van der Waals surface area (Å²) in [6.45, 7) is 40.6. The van der Waals surface area contributed by atoms with Crippen LogP contribution in [-0.4, -0.2) is 210 Å². The molecular weight excluding hydrogens is 1810 g/mol. The molecule has 4 amide bonds. The van der Waals surface area contributed by atoms with Crippen LogP contribution >= 0.6 is 0 Å². The van der Waals surface area contributed by atoms with E-state index in [1.54, 1.807) is 106 Å². The quantitative estimate of drug-likeness (QED) is 0.00940. The molecule has 15 rings (SSSR count). The molecule has 8 aromatic rings. The Hall–Kier alpha value is -11.6. The number of aliphatic hydroxyl groups excluding tert-OH is 3. The lowest BCUT2D eigenvalue weighted by Crippen LogP contribution is -2.65. The molecule has 6 aromatic heterocycles. The minimum Gasteiger partial charge on any atom is -0.414 e. The maximum absolute atomic E-state index is 12.7. The first-order valence-electron chi connectivity index (χ1n) is 46.0. The average molecular weight is 1940 g/mol. The third-order valence-electron chi connectivity index (χ3n) is 24.3. The van der Waals surface area contributed by atoms with Gasteiger partial charge in [-0.05, 0) is 103 Å². The summed E-state index contributed by atoms with van der Waals surface area (Å²) in [5.41, 5.74) is 4.81. The number of hydrogen-bond acceptors (Lipinski definition) is 29. The molecule has 7 aliphatic rings. The number of fused-ring (bicyclic) bond motifs is 4. The van der Waals surface area contributed by atoms with Crippen molar-refractivity contribution >= 4 is 46.6 Å². The zero-order valence-corrected chi connectivity index (χ0v) is 82.5. The van der Waals surface area contributed by atoms with Gasteiger partial charge in [0.25, 0.3) is 40.3 Å². The maximum Gasteiger partial charge on any atom is 0.351 e. The fourth-order valence-electron chi connectivity index (χ4n) is 16.5. The molecule has 137 heavy (non-hydrogen) atoms. The number of aromatic amines is 3. The van der Waals surface area contributed by atoms with Gasteiger partial charge < -0.3 is 60.8 Å². The van der Waals surface area contributed by atoms with Crippen LogP contribution in [0.3, 0.4) is 0 Å². The van der Waals surface area contributed by atoms with Gasteiger partial charge in [0, 0.05) is 132 Å². The number of aromatic nitrogens is 13. The van der Waals surface area contributed by atoms with Gasteiger partial charge in [-0.15, -0.1) is 36.4 Å². The molecular formula is C95H130N16O24Si2. The number of hydrogen-bond donors (Lipinski definition) is 7. The van der Waals surface area contributed by atoms with E-state index < -0.39 is 111 Å². The number of nitrogens with zero attached hydrogens (tertiary/aromatic N) is 12. The van der Waals surface area contributed by atoms with Crippen molar-refractivity contribution in [1.29, 1.82) is 0 Å². The number of rotatable bonds is 31. The normalized spacial score (nSPS) is 20.6. The number of H-pyrrole nitrogens is 3. The Morgan fingerprint density at radius 1 is 0.562 bits per heavy atom. The zero-order valence-electron chi connectivity index (χ0n) is 80.5. The highest BCUT2D eigenvalue weighted by Crippen LogP contribution is 2.49. The molecule has 11 atom stereocenters. The van der Waals surface area contributed by atoms with E-state index in [1.807, 2.05) is 6.08 Å². The summed E-state index contributed by atoms with van der Waals surface area (Å²) in [5, 5.41) is 34.2. The molecule has 4 saturated heterocycles. The second kappa shape index (κ2) is 48.1. The number of amides is 4. The zero-order chi connectivity index (χ0) is 100. The van der Waals surface area contributed by atoms with E-state index >= 15 is 0 Å². The van der Waals surface area contributed by atoms with Crippen LogP contribution in [0.5, 0.6) is 0 Å². The lowest BCUT2D eigenvalue weighted by atomic mass is 9.87. The van der Waals surface area contributed by atoms with Gasteiger partial charge in [-0.25, -0.2) is 39.1 Å². The lowest BCUT2D eigenvalue weighted by Gasteiger charge is -2.51. The van der Waals surface area contributed by atoms with Crippen molar-refractivity contribution < 1.29 is 76.2 Å². The van der Waals surface area contributed by atoms with Gasteiger partial charge in [0.1, 0.15) is 31.1 Å². The van der Waals surface area contributed by atoms with Gasteiger partial charge >= 0.3 is 45.6 Å². The molecule has 13 heterocycles. The van der Waals surface area contributed by atoms with Crippen LogP contribution in [0.25, 0.3) is 5.82 Å². The second-order valence-electron chi connectivity index (χ2n) is 37.0. The number of aryl methyl sites for hydroxylation is 4. The first kappa shape index (κ1) is 107. The van der Waals surface area contributed by atoms with Crippen molar-refractivity contribution in [2.24, 2.45) is 33.6 Å². The number of carbonyl (C=O) groups excluding carboxylic acids is 4. The molecule has 7 unspecified atom stereocenters. The van der Waals surface area contributed by atoms with Crippen molar-refractivity contribution in [3.63, 3.8) is 0 Å². The monoisotopic (exact) mass is 1930 g/mol. The smallest absolute Gasteiger partial charge is 0.351 e. The Morgan fingerprint density at radius 3 is 1.50 bits per heavy atom. The molecule has 4 fully saturated rings. The average Bonchev–Trinajstić information content (AvgIpc) is 1.72. The van der Waals surface area contributed by atoms with Crippen LogP contribution in [0, 0.1) is 5.41 Å². The van der Waals surface area contributed by atoms with Gasteiger partial charge in [0.15, 0.2) is 11.6 Å². The highest BCUT2D eigenvalue weighted by molar-refractivity contribution is 6.84. The number of hydroxylamine groups is 4. The number of imide groups is 2. The lowest BCUT2D eigenvalue weighted by molar-refractivity contribution is -0.133. The Morgan fingerprint density at radius 2 is 1.04 bits per heavy atom. The Bertz CT molecular complexity index is 6000. The first-order valence-corrected chi connectivity index (χ1v) is 49.9. The Kier molecular flexibility index (Phi) is 37.7. The number of nitrogens with one attached hydrogen (secondary N) is 4. The largest absolute Gasteiger partial charge is 0.414 e. The van der Waals surface area contributed by atoms with Crippen LogP contribution in [-0.2, 0) is 102 Å². The van der Waals surface area contributed by atoms with E-state index in [0.29, 0.717) is 132 Å². The van der Waals surface area contributed by atoms with Crippen molar-refractivity contribution in [1.82, 2.24) is 72.6 Å². The summed E-state index contributed by atoms with van der Waals surface area (Å²) >= 11 is 0. The highest BCUT2D eigenvalue weighted by atomic mass is 28.5. The molecule has 40 nitrogen and oxygen atoms in total. The Balaban J connectivity index is 0.000000173. The predicted octanol–water partition coefficient (Wildman–Crippen LogP) is 7.87. The maximum atomic E-state index is 12.7. The van der Waals surface area contributed by atoms with Gasteiger partial charge in [-0.1, -0.05) is 125 Å². The van der Waals surface area contributed by atoms with Crippen LogP contribution in [0.1, 0.15) is 216 Å². The fourth-order valence-corrected chi connectivity index (χ4v) is 27.8. The van der Waals surface area contributed by atoms with Crippen molar-refractivity contribution in [3.05, 3.63) is 276 Å². The van der Waals surface area contributed by atoms with Crippen LogP contribution in [0.4, 0.5) is 5.82 Å². The van der Waals surface area contributed by atoms with Crippen LogP contribution in [0.2, 0.25) is 22.2 Å². The summed E-state index contributed by atoms with van der Waals surface area (Å²) in [5.74, 6) is -1.34. The van der Waals surface area contributed by atoms with E-state index in [2.05, 4.69) is 143 Å². The second-order valence-corrected chi connectivity index (χ2v) is 45.8. The minimum absolute atomic E-state index is 0.0199. The summed E-state index contributed by atoms with van der Waals surface area (Å²) in [6.07, 6.45) is 22.2. The molecule has 742 valence electrons. The van der Waals surface area contributed by atoms with E-state index in [0.717, 1.165) is 35.0 Å². The molecule has 42 heteroatoms. The summed E-state index contributed by atoms with van der Waals surface area (Å²) < 4.78 is 46.1. The minimum atomic E-state index is -2.50. The van der Waals surface area contributed by atoms with Crippen molar-refractivity contribution in [2.45, 2.75) is 262 Å². The van der Waals surface area contributed by atoms with Gasteiger partial charge in [0.2, 0.25) is 0 Å². The molecule has 7 aliphatic heterocycles. The van der Waals surface area contributed by atoms with E-state index in [-0.39, 0.29) is 90.6 Å². The molecule has 2 aromatic carbocycles. The molecule has 0 saturated carbocycles. The molecule has 7 N–H and O–H groups in total. The molecule has 0 bridgehead atoms. The highest BCUT2D eigenvalue weighted by Gasteiger charge is 2.61. The standard InChI is InChI=1S/C21H20N6O4.C21H44O4Si2.C19H19N3O5.C15H21N3O5.C11H16N2O3.C8H10N2O3/c1-3-4-7-15(31-27-19(28)16-8-5-6-9-17(16)20(27)29)10-14-11-25(2)21(30)24-18(14)26-13-22-12-23-26;1-14(2)26(15(3)4)22-13-19-18(12-20(23-19)21(9,10)11)24-27(25-26,16(5)6)17(7)8;1-3-4-7-13(10-12-11-21(2)19(26)20-16(12)23)27-22-17(24)14-8-5-6-9-15(14)18(22)25;1-2-3-4-10-5-9-7-18(15(21)16-14(9)17-23-10)13-6-11(20)12(8-19)22-13;1-3-4-5-9(14)6-8-7-13(2)11(16)12-10(8)15;1-10-3-5(2-6-4-13-6)7(11)9-8(10)12/h3,5-6,8-9,11-13,15H,1,4,7,10H2,2H3;14-20H,12-13H2,1-11H3;3,5-6,8-9,11,13H,1,4,7,10H2,2H3,(H,20,23,26);2,7,10-13,19-20H,1,3-6,8H2,(H,16,17,21);3,7,9,14H,1,4-6H2,2H3,(H,12,15,16);3,6H,2,4H2,1H3,(H,9,11,12)/t;18-,19+,20?;;10?,11-,12+,13?;;/m.0.0../s1. The number of carbonyl (C=O) groups is 4. The predicted molar refractivity (Wildman–Crippen MR) is 512 cm³/mol. The molecule has 0 radical (unpaired) electrons. The number of anilines is 1. The van der Waals surface area contributed by atoms with Crippen molar-refractivity contribution in [2.75, 3.05) is 25.3 Å². The van der Waals surface area contributed by atoms with Gasteiger partial charge in [0.05, 0.1) is 90.9 Å². The van der Waals surface area contributed by atoms with E-state index in [9.17, 15) is 67.7 Å². The number of ether oxygens (including phenoxy) is 3. The number of benzene rings is 2. The number of allylic oxidation sites excluding steroid dienone is 4. The van der Waals surface area contributed by atoms with E-state index in [4.69, 9.17) is 46.8 Å². The van der Waals surface area contributed by atoms with Gasteiger partial charge in [-0.3, -0.25) is 67.6 Å². The Labute approximate surface area is 794 Å². The molecule has 0 spiro atoms. The van der Waals surface area contributed by atoms with Crippen LogP contribution in [0.15, 0.2) is 181 Å². The number of epoxide rings is 1. The third-order valence-corrected chi connectivity index (χ3v) is 34.6. The summed E-state index contributed by atoms with van der Waals surface area (Å²) in [7, 11) is 1.32. The fraction of sp³-hybridized carbons (Fsp3) is 0.516. The third kappa shape index (κ3) is 27.1. The topological polar surface area (TPSA) is 499 Å². The molecule has 0 aliphatic carbocycles. The number of aliphatic hydroxyl groups is 3.